The number of nitriles is 1. The second kappa shape index (κ2) is 7.44. The molecule has 0 aliphatic rings. The van der Waals surface area contributed by atoms with E-state index in [4.69, 9.17) is 14.7 Å². The third-order valence-electron chi connectivity index (χ3n) is 2.46. The van der Waals surface area contributed by atoms with Gasteiger partial charge in [-0.15, -0.1) is 0 Å². The zero-order valence-corrected chi connectivity index (χ0v) is 11.6. The lowest BCUT2D eigenvalue weighted by Gasteiger charge is -2.13. The summed E-state index contributed by atoms with van der Waals surface area (Å²) in [5, 5.41) is 31.4. The highest BCUT2D eigenvalue weighted by Crippen LogP contribution is 2.35. The van der Waals surface area contributed by atoms with Gasteiger partial charge in [0.1, 0.15) is 24.0 Å². The van der Waals surface area contributed by atoms with Gasteiger partial charge in [0.2, 0.25) is 0 Å². The fraction of sp³-hybridized carbons (Fsp3) is 0.143. The smallest absolute Gasteiger partial charge is 0.349 e. The maximum absolute atomic E-state index is 11.7. The average Bonchev–Trinajstić information content (AvgIpc) is 2.50. The van der Waals surface area contributed by atoms with Gasteiger partial charge in [0.25, 0.3) is 5.69 Å². The largest absolute Gasteiger partial charge is 0.865 e. The Morgan fingerprint density at radius 2 is 2.23 bits per heavy atom. The van der Waals surface area contributed by atoms with Gasteiger partial charge in [-0.3, -0.25) is 10.1 Å². The number of hydrogen-bond acceptors (Lipinski definition) is 7. The third-order valence-corrected chi connectivity index (χ3v) is 2.46. The molecule has 0 unspecified atom stereocenters. The Hall–Kier alpha value is -3.34. The van der Waals surface area contributed by atoms with Crippen molar-refractivity contribution >= 4 is 17.7 Å². The van der Waals surface area contributed by atoms with Crippen LogP contribution in [0.4, 0.5) is 5.69 Å². The molecule has 114 valence electrons. The molecule has 0 saturated heterocycles. The first kappa shape index (κ1) is 16.7. The van der Waals surface area contributed by atoms with Gasteiger partial charge in [-0.05, 0) is 17.7 Å². The van der Waals surface area contributed by atoms with E-state index in [0.717, 1.165) is 12.1 Å². The summed E-state index contributed by atoms with van der Waals surface area (Å²) in [6, 6.07) is 3.76. The molecule has 0 spiro atoms. The van der Waals surface area contributed by atoms with E-state index in [1.54, 1.807) is 6.07 Å². The zero-order chi connectivity index (χ0) is 16.7. The van der Waals surface area contributed by atoms with Gasteiger partial charge in [-0.25, -0.2) is 4.79 Å². The van der Waals surface area contributed by atoms with Crippen molar-refractivity contribution in [1.29, 1.82) is 5.26 Å². The fourth-order valence-corrected chi connectivity index (χ4v) is 1.49. The van der Waals surface area contributed by atoms with Crippen molar-refractivity contribution < 1.29 is 24.3 Å². The Morgan fingerprint density at radius 1 is 1.55 bits per heavy atom. The van der Waals surface area contributed by atoms with E-state index in [9.17, 15) is 20.0 Å². The fourth-order valence-electron chi connectivity index (χ4n) is 1.49. The number of esters is 1. The molecular formula is C14H11N2O6-. The monoisotopic (exact) mass is 303 g/mol. The number of hydrogen-bond donors (Lipinski definition) is 0. The summed E-state index contributed by atoms with van der Waals surface area (Å²) in [7, 11) is 1.18. The lowest BCUT2D eigenvalue weighted by Crippen LogP contribution is -2.07. The molecule has 0 atom stereocenters. The van der Waals surface area contributed by atoms with Crippen LogP contribution in [-0.4, -0.2) is 24.6 Å². The predicted octanol–water partition coefficient (Wildman–Crippen LogP) is 1.31. The van der Waals surface area contributed by atoms with Crippen molar-refractivity contribution in [2.75, 3.05) is 13.7 Å². The summed E-state index contributed by atoms with van der Waals surface area (Å²) in [6.07, 6.45) is 2.40. The van der Waals surface area contributed by atoms with E-state index in [1.807, 2.05) is 0 Å². The molecule has 0 fully saturated rings. The number of benzene rings is 1. The summed E-state index contributed by atoms with van der Waals surface area (Å²) in [6.45, 7) is 3.28. The molecule has 8 heteroatoms. The van der Waals surface area contributed by atoms with Gasteiger partial charge in [-0.1, -0.05) is 12.7 Å². The molecular weight excluding hydrogens is 292 g/mol. The number of carbonyl (C=O) groups is 1. The van der Waals surface area contributed by atoms with E-state index in [0.29, 0.717) is 0 Å². The van der Waals surface area contributed by atoms with Crippen LogP contribution in [0.5, 0.6) is 11.5 Å². The van der Waals surface area contributed by atoms with Gasteiger partial charge < -0.3 is 14.6 Å². The summed E-state index contributed by atoms with van der Waals surface area (Å²) in [4.78, 5) is 21.6. The Morgan fingerprint density at radius 3 is 2.73 bits per heavy atom. The van der Waals surface area contributed by atoms with Gasteiger partial charge in [-0.2, -0.15) is 5.26 Å². The van der Waals surface area contributed by atoms with Crippen molar-refractivity contribution in [3.8, 4) is 17.6 Å². The molecule has 0 aliphatic carbocycles. The van der Waals surface area contributed by atoms with E-state index >= 15 is 0 Å². The Balaban J connectivity index is 3.30. The summed E-state index contributed by atoms with van der Waals surface area (Å²) in [5.74, 6) is -2.06. The van der Waals surface area contributed by atoms with Crippen molar-refractivity contribution in [1.82, 2.24) is 0 Å². The number of nitro groups is 1. The molecule has 22 heavy (non-hydrogen) atoms. The molecule has 0 bridgehead atoms. The van der Waals surface area contributed by atoms with Gasteiger partial charge in [0.15, 0.2) is 0 Å². The molecule has 0 N–H and O–H groups in total. The highest BCUT2D eigenvalue weighted by Gasteiger charge is 2.15. The van der Waals surface area contributed by atoms with E-state index < -0.39 is 22.3 Å². The first-order chi connectivity index (χ1) is 10.4. The summed E-state index contributed by atoms with van der Waals surface area (Å²) >= 11 is 0. The van der Waals surface area contributed by atoms with E-state index in [-0.39, 0.29) is 23.5 Å². The minimum absolute atomic E-state index is 0.0825. The molecule has 1 rings (SSSR count). The summed E-state index contributed by atoms with van der Waals surface area (Å²) < 4.78 is 9.46. The Labute approximate surface area is 125 Å². The second-order valence-corrected chi connectivity index (χ2v) is 3.89. The van der Waals surface area contributed by atoms with Crippen LogP contribution < -0.4 is 9.84 Å². The maximum atomic E-state index is 11.7. The van der Waals surface area contributed by atoms with Crippen molar-refractivity contribution in [3.05, 3.63) is 46.0 Å². The SMILES string of the molecule is C=CCOC(=O)/C(C#N)=C/c1cc(OC)c([O-])c([N+](=O)[O-])c1. The van der Waals surface area contributed by atoms with Crippen LogP contribution >= 0.6 is 0 Å². The normalized spacial score (nSPS) is 10.5. The molecule has 0 radical (unpaired) electrons. The number of ether oxygens (including phenoxy) is 2. The third kappa shape index (κ3) is 3.83. The predicted molar refractivity (Wildman–Crippen MR) is 73.8 cm³/mol. The highest BCUT2D eigenvalue weighted by atomic mass is 16.6. The standard InChI is InChI=1S/C14H12N2O6/c1-3-4-22-14(18)10(8-15)5-9-6-11(16(19)20)13(17)12(7-9)21-2/h3,5-7,17H,1,4H2,2H3/p-1/b10-5+. The minimum Gasteiger partial charge on any atom is -0.865 e. The van der Waals surface area contributed by atoms with Crippen molar-refractivity contribution in [3.63, 3.8) is 0 Å². The lowest BCUT2D eigenvalue weighted by atomic mass is 10.1. The Bertz CT molecular complexity index is 687. The lowest BCUT2D eigenvalue weighted by molar-refractivity contribution is -0.398. The Kier molecular flexibility index (Phi) is 5.66. The van der Waals surface area contributed by atoms with E-state index in [2.05, 4.69) is 6.58 Å². The van der Waals surface area contributed by atoms with E-state index in [1.165, 1.54) is 19.3 Å². The van der Waals surface area contributed by atoms with Gasteiger partial charge in [0, 0.05) is 11.8 Å². The first-order valence-electron chi connectivity index (χ1n) is 5.87. The topological polar surface area (TPSA) is 126 Å². The number of carbonyl (C=O) groups excluding carboxylic acids is 1. The molecule has 0 heterocycles. The molecule has 1 aromatic rings. The van der Waals surface area contributed by atoms with Crippen LogP contribution in [-0.2, 0) is 9.53 Å². The molecule has 0 saturated carbocycles. The van der Waals surface area contributed by atoms with Crippen LogP contribution in [0.25, 0.3) is 6.08 Å². The average molecular weight is 303 g/mol. The number of nitro benzene ring substituents is 1. The number of rotatable bonds is 6. The van der Waals surface area contributed by atoms with Crippen LogP contribution in [0, 0.1) is 21.4 Å². The van der Waals surface area contributed by atoms with Crippen molar-refractivity contribution in [2.24, 2.45) is 0 Å². The molecule has 8 nitrogen and oxygen atoms in total. The maximum Gasteiger partial charge on any atom is 0.349 e. The summed E-state index contributed by atoms with van der Waals surface area (Å²) in [5.41, 5.74) is -1.01. The first-order valence-corrected chi connectivity index (χ1v) is 5.87. The van der Waals surface area contributed by atoms with Gasteiger partial charge >= 0.3 is 5.97 Å². The molecule has 0 aliphatic heterocycles. The molecule has 0 amide bonds. The van der Waals surface area contributed by atoms with Gasteiger partial charge in [0.05, 0.1) is 12.0 Å². The van der Waals surface area contributed by atoms with Crippen molar-refractivity contribution in [2.45, 2.75) is 0 Å². The van der Waals surface area contributed by atoms with Crippen LogP contribution in [0.15, 0.2) is 30.4 Å². The minimum atomic E-state index is -0.907. The van der Waals surface area contributed by atoms with Crippen LogP contribution in [0.2, 0.25) is 0 Å². The van der Waals surface area contributed by atoms with Crippen LogP contribution in [0.1, 0.15) is 5.56 Å². The quantitative estimate of drug-likeness (QED) is 0.194. The molecule has 0 aromatic heterocycles. The number of nitrogens with zero attached hydrogens (tertiary/aromatic N) is 2. The highest BCUT2D eigenvalue weighted by molar-refractivity contribution is 5.98. The number of methoxy groups -OCH3 is 1. The molecule has 1 aromatic carbocycles. The zero-order valence-electron chi connectivity index (χ0n) is 11.6. The van der Waals surface area contributed by atoms with Crippen LogP contribution in [0.3, 0.4) is 0 Å². The second-order valence-electron chi connectivity index (χ2n) is 3.89.